The molecule has 94 valence electrons. The topological polar surface area (TPSA) is 55.1 Å². The van der Waals surface area contributed by atoms with Gasteiger partial charge in [-0.2, -0.15) is 0 Å². The third kappa shape index (κ3) is 4.52. The summed E-state index contributed by atoms with van der Waals surface area (Å²) in [6.45, 7) is 5.47. The molecule has 0 spiro atoms. The lowest BCUT2D eigenvalue weighted by atomic mass is 9.93. The van der Waals surface area contributed by atoms with Crippen molar-refractivity contribution in [1.82, 2.24) is 5.32 Å². The van der Waals surface area contributed by atoms with Gasteiger partial charge >= 0.3 is 0 Å². The maximum Gasteiger partial charge on any atom is 0.223 e. The van der Waals surface area contributed by atoms with E-state index in [1.165, 1.54) is 25.7 Å². The Morgan fingerprint density at radius 3 is 2.31 bits per heavy atom. The van der Waals surface area contributed by atoms with Gasteiger partial charge in [-0.25, -0.2) is 0 Å². The highest BCUT2D eigenvalue weighted by molar-refractivity contribution is 5.78. The van der Waals surface area contributed by atoms with E-state index in [1.807, 2.05) is 0 Å². The summed E-state index contributed by atoms with van der Waals surface area (Å²) in [6.07, 6.45) is 7.12. The highest BCUT2D eigenvalue weighted by atomic mass is 16.1. The molecule has 0 unspecified atom stereocenters. The predicted molar refractivity (Wildman–Crippen MR) is 67.0 cm³/mol. The van der Waals surface area contributed by atoms with Gasteiger partial charge in [-0.15, -0.1) is 0 Å². The molecule has 1 aliphatic carbocycles. The van der Waals surface area contributed by atoms with E-state index >= 15 is 0 Å². The smallest absolute Gasteiger partial charge is 0.223 e. The van der Waals surface area contributed by atoms with E-state index in [0.717, 1.165) is 12.8 Å². The fraction of sp³-hybridized carbons (Fsp3) is 0.923. The molecule has 0 heterocycles. The van der Waals surface area contributed by atoms with Crippen LogP contribution in [0.3, 0.4) is 0 Å². The number of nitrogens with one attached hydrogen (secondary N) is 1. The van der Waals surface area contributed by atoms with Crippen LogP contribution in [-0.2, 0) is 4.79 Å². The van der Waals surface area contributed by atoms with E-state index in [1.54, 1.807) is 0 Å². The van der Waals surface area contributed by atoms with Crippen molar-refractivity contribution in [3.05, 3.63) is 0 Å². The van der Waals surface area contributed by atoms with Crippen molar-refractivity contribution in [2.24, 2.45) is 17.1 Å². The van der Waals surface area contributed by atoms with Gasteiger partial charge < -0.3 is 11.1 Å². The molecule has 1 saturated carbocycles. The number of carbonyl (C=O) groups excluding carboxylic acids is 1. The zero-order valence-corrected chi connectivity index (χ0v) is 10.7. The number of hydrogen-bond donors (Lipinski definition) is 2. The first-order valence-electron chi connectivity index (χ1n) is 6.53. The third-order valence-corrected chi connectivity index (χ3v) is 3.52. The molecule has 0 saturated heterocycles. The largest absolute Gasteiger partial charge is 0.355 e. The van der Waals surface area contributed by atoms with Gasteiger partial charge in [0.25, 0.3) is 0 Å². The normalized spacial score (nSPS) is 19.2. The second-order valence-corrected chi connectivity index (χ2v) is 5.77. The molecule has 1 amide bonds. The number of rotatable bonds is 4. The van der Waals surface area contributed by atoms with Crippen LogP contribution in [0.15, 0.2) is 0 Å². The van der Waals surface area contributed by atoms with Crippen molar-refractivity contribution in [2.45, 2.75) is 52.4 Å². The first-order valence-corrected chi connectivity index (χ1v) is 6.53. The van der Waals surface area contributed by atoms with Crippen LogP contribution in [-0.4, -0.2) is 19.0 Å². The van der Waals surface area contributed by atoms with Crippen molar-refractivity contribution < 1.29 is 4.79 Å². The summed E-state index contributed by atoms with van der Waals surface area (Å²) in [5.41, 5.74) is 5.66. The predicted octanol–water partition coefficient (Wildman–Crippen LogP) is 2.06. The fourth-order valence-corrected chi connectivity index (χ4v) is 2.08. The van der Waals surface area contributed by atoms with Crippen molar-refractivity contribution in [2.75, 3.05) is 13.1 Å². The van der Waals surface area contributed by atoms with E-state index in [-0.39, 0.29) is 17.2 Å². The summed E-state index contributed by atoms with van der Waals surface area (Å²) in [6, 6.07) is 0. The highest BCUT2D eigenvalue weighted by Crippen LogP contribution is 2.23. The molecule has 3 N–H and O–H groups in total. The fourth-order valence-electron chi connectivity index (χ4n) is 2.08. The molecule has 0 radical (unpaired) electrons. The van der Waals surface area contributed by atoms with Crippen LogP contribution in [0.25, 0.3) is 0 Å². The molecular formula is C13H26N2O. The lowest BCUT2D eigenvalue weighted by Crippen LogP contribution is -2.40. The molecule has 1 rings (SSSR count). The van der Waals surface area contributed by atoms with E-state index < -0.39 is 0 Å². The van der Waals surface area contributed by atoms with Gasteiger partial charge in [-0.3, -0.25) is 4.79 Å². The second-order valence-electron chi connectivity index (χ2n) is 5.77. The molecule has 16 heavy (non-hydrogen) atoms. The van der Waals surface area contributed by atoms with E-state index in [2.05, 4.69) is 19.2 Å². The summed E-state index contributed by atoms with van der Waals surface area (Å²) in [5, 5.41) is 3.05. The quantitative estimate of drug-likeness (QED) is 0.721. The van der Waals surface area contributed by atoms with Crippen LogP contribution in [0, 0.1) is 11.3 Å². The van der Waals surface area contributed by atoms with Crippen molar-refractivity contribution in [3.8, 4) is 0 Å². The highest BCUT2D eigenvalue weighted by Gasteiger charge is 2.22. The summed E-state index contributed by atoms with van der Waals surface area (Å²) in [7, 11) is 0. The Kier molecular flexibility index (Phi) is 5.26. The van der Waals surface area contributed by atoms with Crippen LogP contribution < -0.4 is 11.1 Å². The van der Waals surface area contributed by atoms with Crippen LogP contribution in [0.5, 0.6) is 0 Å². The van der Waals surface area contributed by atoms with Crippen LogP contribution >= 0.6 is 0 Å². The van der Waals surface area contributed by atoms with Gasteiger partial charge in [0.05, 0.1) is 0 Å². The first-order chi connectivity index (χ1) is 7.55. The minimum Gasteiger partial charge on any atom is -0.355 e. The number of hydrogen-bond acceptors (Lipinski definition) is 2. The number of carbonyl (C=O) groups is 1. The Bertz CT molecular complexity index is 218. The summed E-state index contributed by atoms with van der Waals surface area (Å²) in [4.78, 5) is 12.0. The maximum absolute atomic E-state index is 12.0. The Balaban J connectivity index is 2.33. The number of amides is 1. The molecule has 0 aromatic rings. The standard InChI is InChI=1S/C13H26N2O/c1-13(2,9-14)10-15-12(16)11-7-5-3-4-6-8-11/h11H,3-10,14H2,1-2H3,(H,15,16). The van der Waals surface area contributed by atoms with Gasteiger partial charge in [-0.1, -0.05) is 39.5 Å². The minimum atomic E-state index is 0.0143. The van der Waals surface area contributed by atoms with Gasteiger partial charge in [0.2, 0.25) is 5.91 Å². The van der Waals surface area contributed by atoms with Gasteiger partial charge in [-0.05, 0) is 24.8 Å². The lowest BCUT2D eigenvalue weighted by Gasteiger charge is -2.24. The number of nitrogens with two attached hydrogens (primary N) is 1. The monoisotopic (exact) mass is 226 g/mol. The summed E-state index contributed by atoms with van der Waals surface area (Å²) >= 11 is 0. The molecule has 0 aliphatic heterocycles. The maximum atomic E-state index is 12.0. The molecule has 0 bridgehead atoms. The van der Waals surface area contributed by atoms with Crippen LogP contribution in [0.1, 0.15) is 52.4 Å². The van der Waals surface area contributed by atoms with E-state index in [4.69, 9.17) is 5.73 Å². The zero-order chi connectivity index (χ0) is 12.0. The van der Waals surface area contributed by atoms with Crippen molar-refractivity contribution in [1.29, 1.82) is 0 Å². The molecule has 3 nitrogen and oxygen atoms in total. The first kappa shape index (κ1) is 13.5. The van der Waals surface area contributed by atoms with E-state index in [9.17, 15) is 4.79 Å². The molecule has 1 aliphatic rings. The Hall–Kier alpha value is -0.570. The second kappa shape index (κ2) is 6.24. The Morgan fingerprint density at radius 1 is 1.25 bits per heavy atom. The Morgan fingerprint density at radius 2 is 1.81 bits per heavy atom. The molecule has 0 atom stereocenters. The molecule has 1 fully saturated rings. The zero-order valence-electron chi connectivity index (χ0n) is 10.7. The van der Waals surface area contributed by atoms with Crippen molar-refractivity contribution in [3.63, 3.8) is 0 Å². The van der Waals surface area contributed by atoms with Crippen LogP contribution in [0.4, 0.5) is 0 Å². The van der Waals surface area contributed by atoms with Crippen molar-refractivity contribution >= 4 is 5.91 Å². The molecular weight excluding hydrogens is 200 g/mol. The average Bonchev–Trinajstić information content (AvgIpc) is 2.54. The van der Waals surface area contributed by atoms with Gasteiger partial charge in [0, 0.05) is 12.5 Å². The van der Waals surface area contributed by atoms with Gasteiger partial charge in [0.15, 0.2) is 0 Å². The van der Waals surface area contributed by atoms with E-state index in [0.29, 0.717) is 13.1 Å². The third-order valence-electron chi connectivity index (χ3n) is 3.52. The summed E-state index contributed by atoms with van der Waals surface area (Å²) in [5.74, 6) is 0.486. The lowest BCUT2D eigenvalue weighted by molar-refractivity contribution is -0.125. The Labute approximate surface area is 99.2 Å². The molecule has 0 aromatic carbocycles. The van der Waals surface area contributed by atoms with Crippen LogP contribution in [0.2, 0.25) is 0 Å². The SMILES string of the molecule is CC(C)(CN)CNC(=O)C1CCCCCC1. The minimum absolute atomic E-state index is 0.0143. The molecule has 3 heteroatoms. The average molecular weight is 226 g/mol. The summed E-state index contributed by atoms with van der Waals surface area (Å²) < 4.78 is 0. The molecule has 0 aromatic heterocycles. The van der Waals surface area contributed by atoms with Gasteiger partial charge in [0.1, 0.15) is 0 Å².